The summed E-state index contributed by atoms with van der Waals surface area (Å²) in [5, 5.41) is 2.86. The molecule has 32 heavy (non-hydrogen) atoms. The van der Waals surface area contributed by atoms with Gasteiger partial charge >= 0.3 is 0 Å². The maximum atomic E-state index is 13.7. The molecule has 2 aromatic carbocycles. The Bertz CT molecular complexity index is 1030. The summed E-state index contributed by atoms with van der Waals surface area (Å²) in [6.45, 7) is 4.96. The van der Waals surface area contributed by atoms with Gasteiger partial charge in [-0.2, -0.15) is 0 Å². The maximum absolute atomic E-state index is 13.7. The molecule has 9 heteroatoms. The van der Waals surface area contributed by atoms with E-state index in [9.17, 15) is 22.4 Å². The van der Waals surface area contributed by atoms with Gasteiger partial charge in [-0.25, -0.2) is 12.8 Å². The minimum atomic E-state index is -3.89. The van der Waals surface area contributed by atoms with Gasteiger partial charge in [0.05, 0.1) is 11.9 Å². The zero-order valence-corrected chi connectivity index (χ0v) is 19.6. The first-order chi connectivity index (χ1) is 15.0. The van der Waals surface area contributed by atoms with E-state index in [2.05, 4.69) is 5.32 Å². The Kier molecular flexibility index (Phi) is 8.77. The molecule has 2 amide bonds. The topological polar surface area (TPSA) is 86.8 Å². The summed E-state index contributed by atoms with van der Waals surface area (Å²) in [5.74, 6) is -1.53. The average molecular weight is 464 g/mol. The van der Waals surface area contributed by atoms with Crippen LogP contribution in [0.5, 0.6) is 0 Å². The van der Waals surface area contributed by atoms with E-state index in [1.165, 1.54) is 23.1 Å². The summed E-state index contributed by atoms with van der Waals surface area (Å²) in [5.41, 5.74) is 0.831. The molecule has 0 spiro atoms. The third-order valence-electron chi connectivity index (χ3n) is 5.14. The Morgan fingerprint density at radius 2 is 1.72 bits per heavy atom. The predicted octanol–water partition coefficient (Wildman–Crippen LogP) is 2.92. The summed E-state index contributed by atoms with van der Waals surface area (Å²) < 4.78 is 39.4. The van der Waals surface area contributed by atoms with Gasteiger partial charge < -0.3 is 10.2 Å². The van der Waals surface area contributed by atoms with Crippen molar-refractivity contribution in [2.75, 3.05) is 17.1 Å². The Labute approximate surface area is 189 Å². The summed E-state index contributed by atoms with van der Waals surface area (Å²) in [6, 6.07) is 13.2. The first-order valence-electron chi connectivity index (χ1n) is 10.4. The summed E-state index contributed by atoms with van der Waals surface area (Å²) >= 11 is 0. The summed E-state index contributed by atoms with van der Waals surface area (Å²) in [6.07, 6.45) is 1.68. The zero-order chi connectivity index (χ0) is 23.9. The zero-order valence-electron chi connectivity index (χ0n) is 18.8. The van der Waals surface area contributed by atoms with Crippen LogP contribution in [0, 0.1) is 5.82 Å². The van der Waals surface area contributed by atoms with Crippen molar-refractivity contribution in [1.82, 2.24) is 10.2 Å². The van der Waals surface area contributed by atoms with Crippen molar-refractivity contribution < 1.29 is 22.4 Å². The molecule has 1 N–H and O–H groups in total. The molecule has 0 saturated carbocycles. The fraction of sp³-hybridized carbons (Fsp3) is 0.391. The molecule has 2 rings (SSSR count). The first kappa shape index (κ1) is 25.3. The number of hydrogen-bond donors (Lipinski definition) is 1. The fourth-order valence-corrected chi connectivity index (χ4v) is 3.91. The molecule has 0 saturated heterocycles. The van der Waals surface area contributed by atoms with Gasteiger partial charge in [-0.05, 0) is 44.0 Å². The number of nitrogens with zero attached hydrogens (tertiary/aromatic N) is 2. The molecule has 0 unspecified atom stereocenters. The third kappa shape index (κ3) is 7.05. The molecule has 0 aliphatic carbocycles. The molecule has 0 aliphatic heterocycles. The van der Waals surface area contributed by atoms with Crippen LogP contribution in [0.3, 0.4) is 0 Å². The molecule has 0 bridgehead atoms. The number of benzene rings is 2. The van der Waals surface area contributed by atoms with Crippen LogP contribution < -0.4 is 9.62 Å². The van der Waals surface area contributed by atoms with E-state index in [0.29, 0.717) is 0 Å². The van der Waals surface area contributed by atoms with Gasteiger partial charge in [-0.15, -0.1) is 0 Å². The second-order valence-electron chi connectivity index (χ2n) is 7.75. The van der Waals surface area contributed by atoms with Gasteiger partial charge in [0.15, 0.2) is 0 Å². The van der Waals surface area contributed by atoms with E-state index >= 15 is 0 Å². The number of rotatable bonds is 10. The number of halogens is 1. The lowest BCUT2D eigenvalue weighted by Gasteiger charge is -2.32. The second-order valence-corrected chi connectivity index (χ2v) is 9.66. The van der Waals surface area contributed by atoms with E-state index in [-0.39, 0.29) is 24.2 Å². The molecule has 2 aromatic rings. The van der Waals surface area contributed by atoms with Crippen LogP contribution in [0.15, 0.2) is 54.6 Å². The van der Waals surface area contributed by atoms with Crippen LogP contribution in [0.25, 0.3) is 0 Å². The van der Waals surface area contributed by atoms with E-state index in [0.717, 1.165) is 28.6 Å². The van der Waals surface area contributed by atoms with Gasteiger partial charge in [0.1, 0.15) is 18.4 Å². The molecule has 0 radical (unpaired) electrons. The molecule has 0 aromatic heterocycles. The largest absolute Gasteiger partial charge is 0.352 e. The average Bonchev–Trinajstić information content (AvgIpc) is 2.74. The minimum Gasteiger partial charge on any atom is -0.352 e. The lowest BCUT2D eigenvalue weighted by Crippen LogP contribution is -2.52. The van der Waals surface area contributed by atoms with Gasteiger partial charge in [-0.1, -0.05) is 43.3 Å². The van der Waals surface area contributed by atoms with Crippen molar-refractivity contribution in [3.05, 3.63) is 66.0 Å². The number of carbonyl (C=O) groups is 2. The van der Waals surface area contributed by atoms with Crippen LogP contribution in [-0.2, 0) is 26.2 Å². The smallest absolute Gasteiger partial charge is 0.244 e. The van der Waals surface area contributed by atoms with E-state index in [1.54, 1.807) is 6.92 Å². The van der Waals surface area contributed by atoms with Gasteiger partial charge in [-0.3, -0.25) is 13.9 Å². The number of anilines is 1. The van der Waals surface area contributed by atoms with Gasteiger partial charge in [0.25, 0.3) is 0 Å². The van der Waals surface area contributed by atoms with Crippen molar-refractivity contribution in [3.63, 3.8) is 0 Å². The molecule has 7 nitrogen and oxygen atoms in total. The van der Waals surface area contributed by atoms with Crippen LogP contribution in [0.4, 0.5) is 10.1 Å². The van der Waals surface area contributed by atoms with Crippen LogP contribution in [0.1, 0.15) is 32.8 Å². The number of carbonyl (C=O) groups excluding carboxylic acids is 2. The standard InChI is InChI=1S/C23H30FN3O4S/c1-5-17(2)25-23(29)18(3)26(15-19-10-7-6-8-11-19)22(28)16-27(32(4,30)31)21-13-9-12-20(24)14-21/h6-14,17-18H,5,15-16H2,1-4H3,(H,25,29)/t17-,18-/m0/s1. The van der Waals surface area contributed by atoms with Crippen LogP contribution in [-0.4, -0.2) is 50.0 Å². The number of sulfonamides is 1. The molecular formula is C23H30FN3O4S. The van der Waals surface area contributed by atoms with E-state index in [1.807, 2.05) is 44.2 Å². The Balaban J connectivity index is 2.35. The van der Waals surface area contributed by atoms with E-state index in [4.69, 9.17) is 0 Å². The highest BCUT2D eigenvalue weighted by Gasteiger charge is 2.30. The van der Waals surface area contributed by atoms with Crippen molar-refractivity contribution in [1.29, 1.82) is 0 Å². The normalized spacial score (nSPS) is 13.2. The third-order valence-corrected chi connectivity index (χ3v) is 6.28. The molecular weight excluding hydrogens is 433 g/mol. The monoisotopic (exact) mass is 463 g/mol. The highest BCUT2D eigenvalue weighted by atomic mass is 32.2. The number of hydrogen-bond acceptors (Lipinski definition) is 4. The summed E-state index contributed by atoms with van der Waals surface area (Å²) in [7, 11) is -3.89. The van der Waals surface area contributed by atoms with Crippen molar-refractivity contribution in [2.45, 2.75) is 45.8 Å². The Morgan fingerprint density at radius 3 is 2.28 bits per heavy atom. The molecule has 0 fully saturated rings. The Morgan fingerprint density at radius 1 is 1.06 bits per heavy atom. The predicted molar refractivity (Wildman–Crippen MR) is 123 cm³/mol. The highest BCUT2D eigenvalue weighted by Crippen LogP contribution is 2.20. The molecule has 0 aliphatic rings. The molecule has 2 atom stereocenters. The SMILES string of the molecule is CC[C@H](C)NC(=O)[C@H](C)N(Cc1ccccc1)C(=O)CN(c1cccc(F)c1)S(C)(=O)=O. The number of amides is 2. The summed E-state index contributed by atoms with van der Waals surface area (Å²) in [4.78, 5) is 27.4. The maximum Gasteiger partial charge on any atom is 0.244 e. The Hall–Kier alpha value is -2.94. The molecule has 0 heterocycles. The van der Waals surface area contributed by atoms with Gasteiger partial charge in [0, 0.05) is 12.6 Å². The lowest BCUT2D eigenvalue weighted by molar-refractivity contribution is -0.139. The van der Waals surface area contributed by atoms with Crippen molar-refractivity contribution in [3.8, 4) is 0 Å². The number of nitrogens with one attached hydrogen (secondary N) is 1. The van der Waals surface area contributed by atoms with Crippen molar-refractivity contribution >= 4 is 27.5 Å². The quantitative estimate of drug-likeness (QED) is 0.587. The van der Waals surface area contributed by atoms with Crippen LogP contribution >= 0.6 is 0 Å². The molecule has 174 valence electrons. The second kappa shape index (κ2) is 11.1. The minimum absolute atomic E-state index is 0.0391. The van der Waals surface area contributed by atoms with E-state index < -0.39 is 34.3 Å². The van der Waals surface area contributed by atoms with Crippen LogP contribution in [0.2, 0.25) is 0 Å². The highest BCUT2D eigenvalue weighted by molar-refractivity contribution is 7.92. The van der Waals surface area contributed by atoms with Gasteiger partial charge in [0.2, 0.25) is 21.8 Å². The first-order valence-corrected chi connectivity index (χ1v) is 12.2. The lowest BCUT2D eigenvalue weighted by atomic mass is 10.1. The fourth-order valence-electron chi connectivity index (χ4n) is 3.07. The van der Waals surface area contributed by atoms with Crippen molar-refractivity contribution in [2.24, 2.45) is 0 Å².